The fourth-order valence-electron chi connectivity index (χ4n) is 2.74. The molecule has 1 aliphatic heterocycles. The Hall–Kier alpha value is -2.76. The molecular formula is C19H20FNO4. The fraction of sp³-hybridized carbons (Fsp3) is 0.316. The Labute approximate surface area is 145 Å². The number of rotatable bonds is 6. The smallest absolute Gasteiger partial charge is 0.227 e. The highest BCUT2D eigenvalue weighted by atomic mass is 19.1. The van der Waals surface area contributed by atoms with Crippen molar-refractivity contribution in [2.45, 2.75) is 6.42 Å². The molecule has 132 valence electrons. The van der Waals surface area contributed by atoms with E-state index in [0.29, 0.717) is 43.4 Å². The SMILES string of the molecule is COc1cccc2c1OCC(C(=O)NCCOc1ccc(F)cc1)C2. The average molecular weight is 345 g/mol. The number of ether oxygens (including phenoxy) is 3. The summed E-state index contributed by atoms with van der Waals surface area (Å²) >= 11 is 0. The second-order valence-electron chi connectivity index (χ2n) is 5.75. The monoisotopic (exact) mass is 345 g/mol. The molecule has 6 heteroatoms. The summed E-state index contributed by atoms with van der Waals surface area (Å²) in [6.45, 7) is 1.01. The van der Waals surface area contributed by atoms with Crippen molar-refractivity contribution in [3.8, 4) is 17.2 Å². The van der Waals surface area contributed by atoms with Crippen LogP contribution in [-0.4, -0.2) is 32.8 Å². The van der Waals surface area contributed by atoms with Gasteiger partial charge in [-0.25, -0.2) is 4.39 Å². The van der Waals surface area contributed by atoms with Crippen LogP contribution in [0.25, 0.3) is 0 Å². The lowest BCUT2D eigenvalue weighted by Crippen LogP contribution is -2.39. The Morgan fingerprint density at radius 2 is 2.08 bits per heavy atom. The van der Waals surface area contributed by atoms with Crippen LogP contribution < -0.4 is 19.5 Å². The topological polar surface area (TPSA) is 56.8 Å². The van der Waals surface area contributed by atoms with Gasteiger partial charge < -0.3 is 19.5 Å². The third-order valence-corrected chi connectivity index (χ3v) is 4.03. The number of hydrogen-bond donors (Lipinski definition) is 1. The molecular weight excluding hydrogens is 325 g/mol. The van der Waals surface area contributed by atoms with Crippen LogP contribution in [0, 0.1) is 11.7 Å². The molecule has 0 aliphatic carbocycles. The highest BCUT2D eigenvalue weighted by Crippen LogP contribution is 2.35. The molecule has 25 heavy (non-hydrogen) atoms. The van der Waals surface area contributed by atoms with Crippen molar-refractivity contribution in [3.63, 3.8) is 0 Å². The molecule has 1 heterocycles. The van der Waals surface area contributed by atoms with E-state index >= 15 is 0 Å². The van der Waals surface area contributed by atoms with E-state index in [-0.39, 0.29) is 17.6 Å². The molecule has 0 fully saturated rings. The summed E-state index contributed by atoms with van der Waals surface area (Å²) in [5.74, 6) is 1.34. The summed E-state index contributed by atoms with van der Waals surface area (Å²) in [6.07, 6.45) is 0.608. The predicted molar refractivity (Wildman–Crippen MR) is 90.6 cm³/mol. The van der Waals surface area contributed by atoms with Crippen LogP contribution >= 0.6 is 0 Å². The number of carbonyl (C=O) groups excluding carboxylic acids is 1. The zero-order chi connectivity index (χ0) is 17.6. The van der Waals surface area contributed by atoms with E-state index in [1.165, 1.54) is 12.1 Å². The number of nitrogens with one attached hydrogen (secondary N) is 1. The first-order chi connectivity index (χ1) is 12.2. The van der Waals surface area contributed by atoms with E-state index in [1.807, 2.05) is 18.2 Å². The Morgan fingerprint density at radius 3 is 2.84 bits per heavy atom. The molecule has 2 aromatic carbocycles. The summed E-state index contributed by atoms with van der Waals surface area (Å²) in [5.41, 5.74) is 0.966. The van der Waals surface area contributed by atoms with Gasteiger partial charge in [0.2, 0.25) is 5.91 Å². The third-order valence-electron chi connectivity index (χ3n) is 4.03. The van der Waals surface area contributed by atoms with Crippen molar-refractivity contribution >= 4 is 5.91 Å². The molecule has 0 bridgehead atoms. The Bertz CT molecular complexity index is 733. The Balaban J connectivity index is 1.46. The zero-order valence-corrected chi connectivity index (χ0v) is 14.0. The molecule has 0 radical (unpaired) electrons. The number of halogens is 1. The maximum atomic E-state index is 12.8. The van der Waals surface area contributed by atoms with Crippen molar-refractivity contribution in [2.75, 3.05) is 26.9 Å². The van der Waals surface area contributed by atoms with E-state index < -0.39 is 0 Å². The number of amides is 1. The van der Waals surface area contributed by atoms with Crippen molar-refractivity contribution in [1.82, 2.24) is 5.32 Å². The number of fused-ring (bicyclic) bond motifs is 1. The summed E-state index contributed by atoms with van der Waals surface area (Å²) < 4.78 is 29.2. The van der Waals surface area contributed by atoms with Gasteiger partial charge in [-0.3, -0.25) is 4.79 Å². The Kier molecular flexibility index (Phi) is 5.38. The van der Waals surface area contributed by atoms with Gasteiger partial charge in [0.05, 0.1) is 19.6 Å². The molecule has 5 nitrogen and oxygen atoms in total. The van der Waals surface area contributed by atoms with E-state index in [1.54, 1.807) is 19.2 Å². The van der Waals surface area contributed by atoms with Gasteiger partial charge in [0, 0.05) is 0 Å². The number of carbonyl (C=O) groups is 1. The van der Waals surface area contributed by atoms with Crippen LogP contribution in [0.5, 0.6) is 17.2 Å². The highest BCUT2D eigenvalue weighted by molar-refractivity contribution is 5.79. The molecule has 2 aromatic rings. The molecule has 3 rings (SSSR count). The van der Waals surface area contributed by atoms with Gasteiger partial charge in [-0.1, -0.05) is 12.1 Å². The molecule has 0 saturated carbocycles. The number of benzene rings is 2. The molecule has 0 saturated heterocycles. The first kappa shape index (κ1) is 17.1. The van der Waals surface area contributed by atoms with Gasteiger partial charge in [0.15, 0.2) is 11.5 Å². The minimum atomic E-state index is -0.310. The van der Waals surface area contributed by atoms with E-state index in [4.69, 9.17) is 14.2 Å². The van der Waals surface area contributed by atoms with Gasteiger partial charge >= 0.3 is 0 Å². The molecule has 1 N–H and O–H groups in total. The van der Waals surface area contributed by atoms with Crippen LogP contribution in [0.15, 0.2) is 42.5 Å². The number of para-hydroxylation sites is 1. The first-order valence-electron chi connectivity index (χ1n) is 8.12. The Morgan fingerprint density at radius 1 is 1.28 bits per heavy atom. The largest absolute Gasteiger partial charge is 0.493 e. The van der Waals surface area contributed by atoms with Gasteiger partial charge in [-0.2, -0.15) is 0 Å². The fourth-order valence-corrected chi connectivity index (χ4v) is 2.74. The minimum absolute atomic E-state index is 0.0730. The van der Waals surface area contributed by atoms with Crippen LogP contribution in [0.3, 0.4) is 0 Å². The number of hydrogen-bond acceptors (Lipinski definition) is 4. The lowest BCUT2D eigenvalue weighted by molar-refractivity contribution is -0.126. The normalized spacial score (nSPS) is 15.7. The third kappa shape index (κ3) is 4.21. The maximum Gasteiger partial charge on any atom is 0.227 e. The summed E-state index contributed by atoms with van der Waals surface area (Å²) in [5, 5.41) is 2.84. The van der Waals surface area contributed by atoms with Gasteiger partial charge in [0.1, 0.15) is 24.8 Å². The standard InChI is InChI=1S/C19H20FNO4/c1-23-17-4-2-3-13-11-14(12-25-18(13)17)19(22)21-9-10-24-16-7-5-15(20)6-8-16/h2-8,14H,9-12H2,1H3,(H,21,22). The second kappa shape index (κ2) is 7.88. The number of methoxy groups -OCH3 is 1. The first-order valence-corrected chi connectivity index (χ1v) is 8.12. The van der Waals surface area contributed by atoms with E-state index in [9.17, 15) is 9.18 Å². The average Bonchev–Trinajstić information content (AvgIpc) is 2.65. The van der Waals surface area contributed by atoms with E-state index in [2.05, 4.69) is 5.32 Å². The summed E-state index contributed by atoms with van der Waals surface area (Å²) in [4.78, 5) is 12.3. The van der Waals surface area contributed by atoms with E-state index in [0.717, 1.165) is 5.56 Å². The van der Waals surface area contributed by atoms with Crippen LogP contribution in [0.2, 0.25) is 0 Å². The van der Waals surface area contributed by atoms with Gasteiger partial charge in [-0.05, 0) is 42.3 Å². The van der Waals surface area contributed by atoms with Crippen molar-refractivity contribution in [2.24, 2.45) is 5.92 Å². The van der Waals surface area contributed by atoms with Crippen LogP contribution in [0.1, 0.15) is 5.56 Å². The lowest BCUT2D eigenvalue weighted by atomic mass is 9.95. The predicted octanol–water partition coefficient (Wildman–Crippen LogP) is 2.58. The zero-order valence-electron chi connectivity index (χ0n) is 14.0. The summed E-state index contributed by atoms with van der Waals surface area (Å²) in [6, 6.07) is 11.4. The minimum Gasteiger partial charge on any atom is -0.493 e. The van der Waals surface area contributed by atoms with Crippen LogP contribution in [-0.2, 0) is 11.2 Å². The van der Waals surface area contributed by atoms with Crippen molar-refractivity contribution < 1.29 is 23.4 Å². The maximum absolute atomic E-state index is 12.8. The summed E-state index contributed by atoms with van der Waals surface area (Å²) in [7, 11) is 1.60. The van der Waals surface area contributed by atoms with Gasteiger partial charge in [0.25, 0.3) is 0 Å². The molecule has 1 aliphatic rings. The highest BCUT2D eigenvalue weighted by Gasteiger charge is 2.27. The molecule has 1 amide bonds. The van der Waals surface area contributed by atoms with Crippen LogP contribution in [0.4, 0.5) is 4.39 Å². The second-order valence-corrected chi connectivity index (χ2v) is 5.75. The van der Waals surface area contributed by atoms with Crippen molar-refractivity contribution in [1.29, 1.82) is 0 Å². The van der Waals surface area contributed by atoms with Crippen molar-refractivity contribution in [3.05, 3.63) is 53.8 Å². The molecule has 1 atom stereocenters. The van der Waals surface area contributed by atoms with Gasteiger partial charge in [-0.15, -0.1) is 0 Å². The quantitative estimate of drug-likeness (QED) is 0.818. The molecule has 1 unspecified atom stereocenters. The molecule has 0 aromatic heterocycles. The lowest BCUT2D eigenvalue weighted by Gasteiger charge is -2.25. The molecule has 0 spiro atoms.